The lowest BCUT2D eigenvalue weighted by Crippen LogP contribution is -2.46. The molecule has 0 saturated carbocycles. The van der Waals surface area contributed by atoms with Crippen LogP contribution in [0.1, 0.15) is 26.7 Å². The summed E-state index contributed by atoms with van der Waals surface area (Å²) < 4.78 is 0. The lowest BCUT2D eigenvalue weighted by Gasteiger charge is -2.34. The fourth-order valence-electron chi connectivity index (χ4n) is 1.96. The van der Waals surface area contributed by atoms with Gasteiger partial charge in [-0.25, -0.2) is 0 Å². The minimum absolute atomic E-state index is 0.343. The smallest absolute Gasteiger partial charge is 0.0474 e. The van der Waals surface area contributed by atoms with Crippen molar-refractivity contribution in [1.29, 1.82) is 0 Å². The Bertz CT molecular complexity index is 114. The van der Waals surface area contributed by atoms with Crippen molar-refractivity contribution in [3.8, 4) is 0 Å². The molecule has 1 saturated heterocycles. The first-order chi connectivity index (χ1) is 5.25. The summed E-state index contributed by atoms with van der Waals surface area (Å²) in [4.78, 5) is 0. The maximum absolute atomic E-state index is 9.07. The summed E-state index contributed by atoms with van der Waals surface area (Å²) in [5, 5.41) is 12.5. The maximum Gasteiger partial charge on any atom is 0.0474 e. The minimum Gasteiger partial charge on any atom is -0.396 e. The van der Waals surface area contributed by atoms with Crippen molar-refractivity contribution < 1.29 is 5.11 Å². The number of hydrogen-bond acceptors (Lipinski definition) is 2. The predicted molar refractivity (Wildman–Crippen MR) is 46.4 cm³/mol. The fraction of sp³-hybridized carbons (Fsp3) is 1.00. The molecule has 2 nitrogen and oxygen atoms in total. The van der Waals surface area contributed by atoms with Gasteiger partial charge < -0.3 is 10.4 Å². The number of rotatable bonds is 2. The highest BCUT2D eigenvalue weighted by Crippen LogP contribution is 2.21. The Balaban J connectivity index is 2.44. The van der Waals surface area contributed by atoms with Crippen LogP contribution in [0.2, 0.25) is 0 Å². The zero-order valence-electron chi connectivity index (χ0n) is 7.51. The highest BCUT2D eigenvalue weighted by Gasteiger charge is 2.25. The third-order valence-corrected chi connectivity index (χ3v) is 2.59. The largest absolute Gasteiger partial charge is 0.396 e. The molecule has 1 fully saturated rings. The zero-order chi connectivity index (χ0) is 8.27. The molecule has 2 atom stereocenters. The molecule has 1 heterocycles. The van der Waals surface area contributed by atoms with Crippen molar-refractivity contribution in [3.63, 3.8) is 0 Å². The van der Waals surface area contributed by atoms with E-state index >= 15 is 0 Å². The minimum atomic E-state index is 0.343. The van der Waals surface area contributed by atoms with Crippen molar-refractivity contribution in [2.75, 3.05) is 13.2 Å². The molecule has 66 valence electrons. The first-order valence-corrected chi connectivity index (χ1v) is 4.60. The van der Waals surface area contributed by atoms with Gasteiger partial charge in [0.15, 0.2) is 0 Å². The summed E-state index contributed by atoms with van der Waals surface area (Å²) in [6, 6.07) is 0.536. The summed E-state index contributed by atoms with van der Waals surface area (Å²) in [5.74, 6) is 1.14. The molecule has 0 unspecified atom stereocenters. The van der Waals surface area contributed by atoms with E-state index in [-0.39, 0.29) is 0 Å². The number of piperidine rings is 1. The lowest BCUT2D eigenvalue weighted by atomic mass is 9.85. The maximum atomic E-state index is 9.07. The number of aliphatic hydroxyl groups is 1. The van der Waals surface area contributed by atoms with E-state index in [1.54, 1.807) is 0 Å². The molecule has 2 heteroatoms. The monoisotopic (exact) mass is 157 g/mol. The summed E-state index contributed by atoms with van der Waals surface area (Å²) >= 11 is 0. The number of hydrogen-bond donors (Lipinski definition) is 2. The summed E-state index contributed by atoms with van der Waals surface area (Å²) in [7, 11) is 0. The predicted octanol–water partition coefficient (Wildman–Crippen LogP) is 1.00. The van der Waals surface area contributed by atoms with Gasteiger partial charge in [-0.2, -0.15) is 0 Å². The van der Waals surface area contributed by atoms with E-state index in [0.29, 0.717) is 24.5 Å². The van der Waals surface area contributed by atoms with Gasteiger partial charge >= 0.3 is 0 Å². The van der Waals surface area contributed by atoms with Crippen LogP contribution in [-0.4, -0.2) is 24.3 Å². The molecule has 11 heavy (non-hydrogen) atoms. The van der Waals surface area contributed by atoms with Gasteiger partial charge in [-0.15, -0.1) is 0 Å². The first-order valence-electron chi connectivity index (χ1n) is 4.60. The van der Waals surface area contributed by atoms with Gasteiger partial charge in [0, 0.05) is 12.6 Å². The SMILES string of the molecule is CC(C)[C@H]1NCCC[C@@H]1CO. The molecule has 0 radical (unpaired) electrons. The molecule has 0 amide bonds. The van der Waals surface area contributed by atoms with E-state index in [2.05, 4.69) is 19.2 Å². The molecule has 1 aliphatic heterocycles. The molecule has 0 aromatic rings. The Labute approximate surface area is 69.0 Å². The normalized spacial score (nSPS) is 32.7. The standard InChI is InChI=1S/C9H19NO/c1-7(2)9-8(6-11)4-3-5-10-9/h7-11H,3-6H2,1-2H3/t8-,9-/m1/s1. The Morgan fingerprint density at radius 3 is 2.73 bits per heavy atom. The second-order valence-corrected chi connectivity index (χ2v) is 3.81. The Hall–Kier alpha value is -0.0800. The first kappa shape index (κ1) is 9.01. The highest BCUT2D eigenvalue weighted by molar-refractivity contribution is 4.82. The van der Waals surface area contributed by atoms with Gasteiger partial charge in [0.25, 0.3) is 0 Å². The van der Waals surface area contributed by atoms with Crippen LogP contribution in [-0.2, 0) is 0 Å². The fourth-order valence-corrected chi connectivity index (χ4v) is 1.96. The van der Waals surface area contributed by atoms with E-state index in [4.69, 9.17) is 5.11 Å². The van der Waals surface area contributed by atoms with E-state index in [1.165, 1.54) is 12.8 Å². The molecule has 1 rings (SSSR count). The van der Waals surface area contributed by atoms with Crippen LogP contribution in [0.15, 0.2) is 0 Å². The average Bonchev–Trinajstić information content (AvgIpc) is 2.04. The molecule has 0 aliphatic carbocycles. The van der Waals surface area contributed by atoms with Gasteiger partial charge in [0.2, 0.25) is 0 Å². The highest BCUT2D eigenvalue weighted by atomic mass is 16.3. The van der Waals surface area contributed by atoms with Crippen molar-refractivity contribution in [3.05, 3.63) is 0 Å². The topological polar surface area (TPSA) is 32.3 Å². The van der Waals surface area contributed by atoms with E-state index in [1.807, 2.05) is 0 Å². The van der Waals surface area contributed by atoms with Gasteiger partial charge in [-0.3, -0.25) is 0 Å². The van der Waals surface area contributed by atoms with Crippen molar-refractivity contribution in [2.45, 2.75) is 32.7 Å². The van der Waals surface area contributed by atoms with Crippen molar-refractivity contribution in [2.24, 2.45) is 11.8 Å². The Morgan fingerprint density at radius 1 is 1.55 bits per heavy atom. The van der Waals surface area contributed by atoms with Crippen LogP contribution >= 0.6 is 0 Å². The second-order valence-electron chi connectivity index (χ2n) is 3.81. The van der Waals surface area contributed by atoms with E-state index in [0.717, 1.165) is 6.54 Å². The van der Waals surface area contributed by atoms with Crippen LogP contribution in [0.3, 0.4) is 0 Å². The van der Waals surface area contributed by atoms with Crippen molar-refractivity contribution >= 4 is 0 Å². The number of nitrogens with one attached hydrogen (secondary N) is 1. The molecule has 0 spiro atoms. The van der Waals surface area contributed by atoms with Gasteiger partial charge in [-0.1, -0.05) is 13.8 Å². The van der Waals surface area contributed by atoms with Gasteiger partial charge in [0.1, 0.15) is 0 Å². The van der Waals surface area contributed by atoms with Crippen LogP contribution in [0.25, 0.3) is 0 Å². The third kappa shape index (κ3) is 2.17. The molecule has 0 aromatic carbocycles. The summed E-state index contributed by atoms with van der Waals surface area (Å²) in [6.07, 6.45) is 2.40. The van der Waals surface area contributed by atoms with Crippen LogP contribution in [0.4, 0.5) is 0 Å². The molecular weight excluding hydrogens is 138 g/mol. The number of aliphatic hydroxyl groups excluding tert-OH is 1. The molecular formula is C9H19NO. The average molecular weight is 157 g/mol. The van der Waals surface area contributed by atoms with Crippen molar-refractivity contribution in [1.82, 2.24) is 5.32 Å². The summed E-state index contributed by atoms with van der Waals surface area (Å²) in [6.45, 7) is 5.90. The van der Waals surface area contributed by atoms with E-state index in [9.17, 15) is 0 Å². The van der Waals surface area contributed by atoms with Gasteiger partial charge in [0.05, 0.1) is 0 Å². The lowest BCUT2D eigenvalue weighted by molar-refractivity contribution is 0.136. The zero-order valence-corrected chi connectivity index (χ0v) is 7.51. The molecule has 1 aliphatic rings. The molecule has 2 N–H and O–H groups in total. The van der Waals surface area contributed by atoms with Crippen LogP contribution < -0.4 is 5.32 Å². The quantitative estimate of drug-likeness (QED) is 0.627. The summed E-state index contributed by atoms with van der Waals surface area (Å²) in [5.41, 5.74) is 0. The Kier molecular flexibility index (Phi) is 3.34. The Morgan fingerprint density at radius 2 is 2.27 bits per heavy atom. The van der Waals surface area contributed by atoms with E-state index < -0.39 is 0 Å². The second kappa shape index (κ2) is 4.07. The molecule has 0 bridgehead atoms. The van der Waals surface area contributed by atoms with Crippen LogP contribution in [0, 0.1) is 11.8 Å². The van der Waals surface area contributed by atoms with Gasteiger partial charge in [-0.05, 0) is 31.2 Å². The third-order valence-electron chi connectivity index (χ3n) is 2.59. The molecule has 0 aromatic heterocycles. The van der Waals surface area contributed by atoms with Crippen LogP contribution in [0.5, 0.6) is 0 Å².